The molecular weight excluding hydrogens is 248 g/mol. The molecule has 0 saturated heterocycles. The first-order valence-electron chi connectivity index (χ1n) is 7.47. The molecule has 20 heavy (non-hydrogen) atoms. The zero-order valence-electron chi connectivity index (χ0n) is 12.1. The topological polar surface area (TPSA) is 46.3 Å². The molecule has 2 rings (SSSR count). The van der Waals surface area contributed by atoms with Crippen molar-refractivity contribution in [3.63, 3.8) is 0 Å². The standard InChI is InChI=1S/C17H24N2O/c1-2-13-19(15-8-4-5-9-15)17(20)16-10-6-3-7-14(16)11-12-18/h2-3,6-7,10,15H,1,4-5,8-9,11-13,18H2. The summed E-state index contributed by atoms with van der Waals surface area (Å²) in [6.45, 7) is 4.98. The maximum Gasteiger partial charge on any atom is 0.254 e. The first-order chi connectivity index (χ1) is 9.77. The summed E-state index contributed by atoms with van der Waals surface area (Å²) in [6.07, 6.45) is 7.22. The van der Waals surface area contributed by atoms with E-state index in [1.165, 1.54) is 12.8 Å². The highest BCUT2D eigenvalue weighted by Gasteiger charge is 2.27. The summed E-state index contributed by atoms with van der Waals surface area (Å²) in [5.74, 6) is 0.126. The summed E-state index contributed by atoms with van der Waals surface area (Å²) in [5, 5.41) is 0. The maximum absolute atomic E-state index is 12.9. The molecule has 0 atom stereocenters. The van der Waals surface area contributed by atoms with Crippen LogP contribution in [0.4, 0.5) is 0 Å². The normalized spacial score (nSPS) is 15.2. The van der Waals surface area contributed by atoms with Crippen molar-refractivity contribution in [1.82, 2.24) is 4.90 Å². The monoisotopic (exact) mass is 272 g/mol. The van der Waals surface area contributed by atoms with Gasteiger partial charge in [-0.3, -0.25) is 4.79 Å². The third kappa shape index (κ3) is 3.28. The van der Waals surface area contributed by atoms with Crippen molar-refractivity contribution in [3.8, 4) is 0 Å². The SMILES string of the molecule is C=CCN(C(=O)c1ccccc1CCN)C1CCCC1. The van der Waals surface area contributed by atoms with Crippen LogP contribution in [0, 0.1) is 0 Å². The number of nitrogens with two attached hydrogens (primary N) is 1. The van der Waals surface area contributed by atoms with E-state index < -0.39 is 0 Å². The second-order valence-electron chi connectivity index (χ2n) is 5.38. The zero-order valence-corrected chi connectivity index (χ0v) is 12.1. The van der Waals surface area contributed by atoms with Crippen LogP contribution in [0.5, 0.6) is 0 Å². The minimum absolute atomic E-state index is 0.126. The van der Waals surface area contributed by atoms with Gasteiger partial charge in [0, 0.05) is 18.2 Å². The second-order valence-corrected chi connectivity index (χ2v) is 5.38. The summed E-state index contributed by atoms with van der Waals surface area (Å²) in [5.41, 5.74) is 7.49. The predicted octanol–water partition coefficient (Wildman–Crippen LogP) is 2.76. The average Bonchev–Trinajstić information content (AvgIpc) is 2.99. The molecule has 0 heterocycles. The van der Waals surface area contributed by atoms with Crippen LogP contribution in [0.1, 0.15) is 41.6 Å². The molecule has 1 saturated carbocycles. The summed E-state index contributed by atoms with van der Waals surface area (Å²) in [7, 11) is 0. The van der Waals surface area contributed by atoms with Crippen LogP contribution in [-0.2, 0) is 6.42 Å². The van der Waals surface area contributed by atoms with Gasteiger partial charge in [-0.25, -0.2) is 0 Å². The number of hydrogen-bond acceptors (Lipinski definition) is 2. The summed E-state index contributed by atoms with van der Waals surface area (Å²) in [6, 6.07) is 8.17. The molecule has 1 aromatic rings. The molecule has 1 aromatic carbocycles. The summed E-state index contributed by atoms with van der Waals surface area (Å²) in [4.78, 5) is 14.8. The molecule has 3 nitrogen and oxygen atoms in total. The van der Waals surface area contributed by atoms with Crippen LogP contribution in [0.2, 0.25) is 0 Å². The third-order valence-electron chi connectivity index (χ3n) is 4.01. The van der Waals surface area contributed by atoms with Crippen molar-refractivity contribution in [2.45, 2.75) is 38.1 Å². The number of carbonyl (C=O) groups excluding carboxylic acids is 1. The van der Waals surface area contributed by atoms with Gasteiger partial charge in [0.2, 0.25) is 0 Å². The Balaban J connectivity index is 2.24. The predicted molar refractivity (Wildman–Crippen MR) is 82.7 cm³/mol. The highest BCUT2D eigenvalue weighted by Crippen LogP contribution is 2.25. The van der Waals surface area contributed by atoms with Gasteiger partial charge in [0.25, 0.3) is 5.91 Å². The molecule has 1 fully saturated rings. The largest absolute Gasteiger partial charge is 0.332 e. The Morgan fingerprint density at radius 1 is 1.35 bits per heavy atom. The smallest absolute Gasteiger partial charge is 0.254 e. The van der Waals surface area contributed by atoms with E-state index in [0.29, 0.717) is 19.1 Å². The first-order valence-corrected chi connectivity index (χ1v) is 7.47. The Bertz CT molecular complexity index is 464. The van der Waals surface area contributed by atoms with E-state index in [2.05, 4.69) is 6.58 Å². The Kier molecular flexibility index (Phi) is 5.36. The molecule has 108 valence electrons. The number of benzene rings is 1. The van der Waals surface area contributed by atoms with Crippen molar-refractivity contribution >= 4 is 5.91 Å². The molecule has 0 aromatic heterocycles. The second kappa shape index (κ2) is 7.25. The number of nitrogens with zero attached hydrogens (tertiary/aromatic N) is 1. The lowest BCUT2D eigenvalue weighted by atomic mass is 10.0. The van der Waals surface area contributed by atoms with Crippen molar-refractivity contribution < 1.29 is 4.79 Å². The molecule has 3 heteroatoms. The van der Waals surface area contributed by atoms with E-state index in [0.717, 1.165) is 30.4 Å². The van der Waals surface area contributed by atoms with E-state index in [9.17, 15) is 4.79 Å². The van der Waals surface area contributed by atoms with E-state index in [1.807, 2.05) is 35.2 Å². The van der Waals surface area contributed by atoms with Gasteiger partial charge in [-0.05, 0) is 37.4 Å². The summed E-state index contributed by atoms with van der Waals surface area (Å²) >= 11 is 0. The van der Waals surface area contributed by atoms with Crippen LogP contribution in [-0.4, -0.2) is 29.9 Å². The molecule has 2 N–H and O–H groups in total. The Morgan fingerprint density at radius 3 is 2.70 bits per heavy atom. The Labute approximate surface area is 121 Å². The molecule has 0 bridgehead atoms. The highest BCUT2D eigenvalue weighted by atomic mass is 16.2. The minimum atomic E-state index is 0.126. The van der Waals surface area contributed by atoms with E-state index >= 15 is 0 Å². The van der Waals surface area contributed by atoms with Gasteiger partial charge < -0.3 is 10.6 Å². The zero-order chi connectivity index (χ0) is 14.4. The van der Waals surface area contributed by atoms with Crippen LogP contribution in [0.25, 0.3) is 0 Å². The van der Waals surface area contributed by atoms with Crippen LogP contribution >= 0.6 is 0 Å². The fourth-order valence-electron chi connectivity index (χ4n) is 3.01. The first kappa shape index (κ1) is 14.8. The molecule has 0 radical (unpaired) electrons. The van der Waals surface area contributed by atoms with E-state index in [4.69, 9.17) is 5.73 Å². The van der Waals surface area contributed by atoms with Gasteiger partial charge in [0.15, 0.2) is 0 Å². The van der Waals surface area contributed by atoms with Gasteiger partial charge >= 0.3 is 0 Å². The maximum atomic E-state index is 12.9. The molecule has 1 amide bonds. The lowest BCUT2D eigenvalue weighted by Gasteiger charge is -2.28. The van der Waals surface area contributed by atoms with Gasteiger partial charge in [-0.15, -0.1) is 6.58 Å². The fraction of sp³-hybridized carbons (Fsp3) is 0.471. The molecular formula is C17H24N2O. The Hall–Kier alpha value is -1.61. The molecule has 0 unspecified atom stereocenters. The number of rotatable bonds is 6. The van der Waals surface area contributed by atoms with Crippen molar-refractivity contribution in [2.24, 2.45) is 5.73 Å². The van der Waals surface area contributed by atoms with Crippen molar-refractivity contribution in [2.75, 3.05) is 13.1 Å². The quantitative estimate of drug-likeness (QED) is 0.809. The lowest BCUT2D eigenvalue weighted by molar-refractivity contribution is 0.0705. The minimum Gasteiger partial charge on any atom is -0.332 e. The molecule has 0 spiro atoms. The highest BCUT2D eigenvalue weighted by molar-refractivity contribution is 5.96. The summed E-state index contributed by atoms with van der Waals surface area (Å²) < 4.78 is 0. The van der Waals surface area contributed by atoms with E-state index in [-0.39, 0.29) is 5.91 Å². The number of carbonyl (C=O) groups is 1. The van der Waals surface area contributed by atoms with Crippen LogP contribution < -0.4 is 5.73 Å². The van der Waals surface area contributed by atoms with Crippen molar-refractivity contribution in [1.29, 1.82) is 0 Å². The average molecular weight is 272 g/mol. The van der Waals surface area contributed by atoms with Crippen LogP contribution in [0.15, 0.2) is 36.9 Å². The van der Waals surface area contributed by atoms with Crippen LogP contribution in [0.3, 0.4) is 0 Å². The number of hydrogen-bond donors (Lipinski definition) is 1. The number of amides is 1. The fourth-order valence-corrected chi connectivity index (χ4v) is 3.01. The van der Waals surface area contributed by atoms with Gasteiger partial charge in [0.05, 0.1) is 0 Å². The van der Waals surface area contributed by atoms with Gasteiger partial charge in [0.1, 0.15) is 0 Å². The lowest BCUT2D eigenvalue weighted by Crippen LogP contribution is -2.39. The van der Waals surface area contributed by atoms with Gasteiger partial charge in [-0.2, -0.15) is 0 Å². The Morgan fingerprint density at radius 2 is 2.05 bits per heavy atom. The van der Waals surface area contributed by atoms with Crippen molar-refractivity contribution in [3.05, 3.63) is 48.0 Å². The molecule has 1 aliphatic rings. The molecule has 1 aliphatic carbocycles. The third-order valence-corrected chi connectivity index (χ3v) is 4.01. The van der Waals surface area contributed by atoms with E-state index in [1.54, 1.807) is 0 Å². The molecule has 0 aliphatic heterocycles. The van der Waals surface area contributed by atoms with Gasteiger partial charge in [-0.1, -0.05) is 37.1 Å².